The largest absolute Gasteiger partial charge is 0.487 e. The van der Waals surface area contributed by atoms with Crippen molar-refractivity contribution in [1.29, 1.82) is 0 Å². The molecule has 0 radical (unpaired) electrons. The maximum absolute atomic E-state index is 13.0. The number of nitrogens with zero attached hydrogens (tertiary/aromatic N) is 2. The maximum atomic E-state index is 13.0. The molecular weight excluding hydrogens is 560 g/mol. The van der Waals surface area contributed by atoms with E-state index < -0.39 is 11.6 Å². The minimum Gasteiger partial charge on any atom is -0.487 e. The zero-order valence-corrected chi connectivity index (χ0v) is 25.0. The number of carbonyl (C=O) groups excluding carboxylic acids is 1. The lowest BCUT2D eigenvalue weighted by atomic mass is 9.96. The fraction of sp³-hybridized carbons (Fsp3) is 0.286. The lowest BCUT2D eigenvalue weighted by Crippen LogP contribution is -2.35. The van der Waals surface area contributed by atoms with Crippen LogP contribution in [0.15, 0.2) is 72.8 Å². The summed E-state index contributed by atoms with van der Waals surface area (Å²) in [6.07, 6.45) is 0.765. The van der Waals surface area contributed by atoms with E-state index in [1.165, 1.54) is 0 Å². The zero-order valence-electron chi connectivity index (χ0n) is 25.0. The van der Waals surface area contributed by atoms with E-state index in [1.54, 1.807) is 4.90 Å². The van der Waals surface area contributed by atoms with Gasteiger partial charge >= 0.3 is 12.1 Å². The Morgan fingerprint density at radius 1 is 0.909 bits per heavy atom. The fourth-order valence-corrected chi connectivity index (χ4v) is 5.41. The molecule has 0 aliphatic carbocycles. The quantitative estimate of drug-likeness (QED) is 0.248. The molecule has 0 saturated heterocycles. The second-order valence-electron chi connectivity index (χ2n) is 11.8. The van der Waals surface area contributed by atoms with E-state index >= 15 is 0 Å². The molecule has 0 bridgehead atoms. The summed E-state index contributed by atoms with van der Waals surface area (Å²) in [5.74, 6) is -0.971. The van der Waals surface area contributed by atoms with Crippen LogP contribution in [0.25, 0.3) is 11.3 Å². The van der Waals surface area contributed by atoms with Crippen molar-refractivity contribution in [2.45, 2.75) is 52.4 Å². The number of pyridine rings is 1. The van der Waals surface area contributed by atoms with Crippen LogP contribution in [0.2, 0.25) is 0 Å². The number of carboxylic acid groups (broad SMARTS) is 1. The van der Waals surface area contributed by atoms with Gasteiger partial charge in [-0.25, -0.2) is 14.6 Å². The monoisotopic (exact) mass is 594 g/mol. The number of hydrogen-bond acceptors (Lipinski definition) is 7. The van der Waals surface area contributed by atoms with Gasteiger partial charge in [-0.05, 0) is 61.6 Å². The lowest BCUT2D eigenvalue weighted by molar-refractivity contribution is 0.0582. The van der Waals surface area contributed by atoms with Gasteiger partial charge in [0.2, 0.25) is 5.88 Å². The highest BCUT2D eigenvalue weighted by Gasteiger charge is 2.34. The number of aromatic carboxylic acids is 1. The van der Waals surface area contributed by atoms with Gasteiger partial charge in [0.15, 0.2) is 17.1 Å². The van der Waals surface area contributed by atoms with Crippen LogP contribution in [0, 0.1) is 0 Å². The highest BCUT2D eigenvalue weighted by atomic mass is 16.6. The molecule has 6 rings (SSSR count). The molecule has 0 unspecified atom stereocenters. The lowest BCUT2D eigenvalue weighted by Gasteiger charge is -2.25. The number of ether oxygens (including phenoxy) is 4. The normalized spacial score (nSPS) is 13.6. The van der Waals surface area contributed by atoms with Gasteiger partial charge in [0.25, 0.3) is 0 Å². The minimum atomic E-state index is -1.23. The van der Waals surface area contributed by atoms with E-state index in [2.05, 4.69) is 0 Å². The highest BCUT2D eigenvalue weighted by Crippen LogP contribution is 2.48. The Balaban J connectivity index is 1.46. The Hall–Kier alpha value is -5.05. The molecule has 3 aromatic carbocycles. The molecule has 2 aliphatic heterocycles. The Bertz CT molecular complexity index is 1700. The molecule has 0 saturated carbocycles. The fourth-order valence-electron chi connectivity index (χ4n) is 5.41. The van der Waals surface area contributed by atoms with Gasteiger partial charge in [0.05, 0.1) is 12.3 Å². The molecule has 1 N–H and O–H groups in total. The Kier molecular flexibility index (Phi) is 7.86. The minimum absolute atomic E-state index is 0.0597. The van der Waals surface area contributed by atoms with Gasteiger partial charge in [-0.2, -0.15) is 0 Å². The van der Waals surface area contributed by atoms with Gasteiger partial charge in [-0.1, -0.05) is 60.7 Å². The van der Waals surface area contributed by atoms with Crippen LogP contribution in [0.5, 0.6) is 17.4 Å². The zero-order chi connectivity index (χ0) is 30.8. The number of carbonyl (C=O) groups is 2. The first-order valence-corrected chi connectivity index (χ1v) is 14.6. The van der Waals surface area contributed by atoms with Gasteiger partial charge < -0.3 is 24.1 Å². The number of amides is 1. The van der Waals surface area contributed by atoms with Gasteiger partial charge in [0.1, 0.15) is 24.5 Å². The molecule has 1 aromatic heterocycles. The molecule has 44 heavy (non-hydrogen) atoms. The Morgan fingerprint density at radius 3 is 2.20 bits per heavy atom. The van der Waals surface area contributed by atoms with E-state index in [4.69, 9.17) is 23.9 Å². The number of rotatable bonds is 7. The number of carboxylic acids is 1. The molecule has 0 atom stereocenters. The third kappa shape index (κ3) is 6.04. The van der Waals surface area contributed by atoms with Gasteiger partial charge in [0, 0.05) is 18.5 Å². The first kappa shape index (κ1) is 29.0. The summed E-state index contributed by atoms with van der Waals surface area (Å²) >= 11 is 0. The van der Waals surface area contributed by atoms with E-state index in [-0.39, 0.29) is 48.9 Å². The molecular formula is C35H34N2O7. The van der Waals surface area contributed by atoms with Crippen LogP contribution >= 0.6 is 0 Å². The number of hydrogen-bond donors (Lipinski definition) is 1. The van der Waals surface area contributed by atoms with E-state index in [1.807, 2.05) is 93.6 Å². The van der Waals surface area contributed by atoms with Crippen molar-refractivity contribution in [3.05, 3.63) is 101 Å². The SMILES string of the molecule is CC(C)(C)OC(=O)N1CCc2cc3c(cc21)CCOc1c-3nc(OCc2ccccc2)c(C(=O)O)c1OCc1ccccc1. The van der Waals surface area contributed by atoms with Crippen LogP contribution in [0.3, 0.4) is 0 Å². The number of benzene rings is 3. The van der Waals surface area contributed by atoms with E-state index in [9.17, 15) is 14.7 Å². The van der Waals surface area contributed by atoms with Crippen LogP contribution in [-0.4, -0.2) is 40.9 Å². The third-order valence-corrected chi connectivity index (χ3v) is 7.42. The van der Waals surface area contributed by atoms with Crippen molar-refractivity contribution in [2.24, 2.45) is 0 Å². The Morgan fingerprint density at radius 2 is 1.57 bits per heavy atom. The number of fused-ring (bicyclic) bond motifs is 4. The van der Waals surface area contributed by atoms with Crippen molar-refractivity contribution in [2.75, 3.05) is 18.1 Å². The second kappa shape index (κ2) is 11.9. The molecule has 9 nitrogen and oxygen atoms in total. The predicted molar refractivity (Wildman–Crippen MR) is 165 cm³/mol. The topological polar surface area (TPSA) is 107 Å². The molecule has 2 aliphatic rings. The van der Waals surface area contributed by atoms with Crippen LogP contribution in [0.1, 0.15) is 53.4 Å². The van der Waals surface area contributed by atoms with Crippen molar-refractivity contribution in [3.8, 4) is 28.6 Å². The molecule has 226 valence electrons. The molecule has 1 amide bonds. The van der Waals surface area contributed by atoms with E-state index in [0.717, 1.165) is 33.5 Å². The van der Waals surface area contributed by atoms with Crippen LogP contribution < -0.4 is 19.1 Å². The van der Waals surface area contributed by atoms with E-state index in [0.29, 0.717) is 25.1 Å². The first-order valence-electron chi connectivity index (χ1n) is 14.6. The summed E-state index contributed by atoms with van der Waals surface area (Å²) in [6.45, 7) is 6.54. The first-order chi connectivity index (χ1) is 21.2. The summed E-state index contributed by atoms with van der Waals surface area (Å²) in [6, 6.07) is 23.0. The van der Waals surface area contributed by atoms with Crippen molar-refractivity contribution < 1.29 is 33.6 Å². The average Bonchev–Trinajstić information content (AvgIpc) is 3.33. The summed E-state index contributed by atoms with van der Waals surface area (Å²) in [5, 5.41) is 10.4. The second-order valence-corrected chi connectivity index (χ2v) is 11.8. The molecule has 4 aromatic rings. The number of anilines is 1. The maximum Gasteiger partial charge on any atom is 0.414 e. The standard InChI is InChI=1S/C35H34N2O7/c1-35(2,3)44-34(40)37-16-14-25-18-26-24(19-27(25)37)15-17-41-31-29(26)36-32(43-21-23-12-8-5-9-13-23)28(33(38)39)30(31)42-20-22-10-6-4-7-11-22/h4-13,18-19H,14-17,20-21H2,1-3H3,(H,38,39). The molecule has 0 spiro atoms. The number of aromatic nitrogens is 1. The predicted octanol–water partition coefficient (Wildman–Crippen LogP) is 6.84. The molecule has 0 fully saturated rings. The highest BCUT2D eigenvalue weighted by molar-refractivity contribution is 5.97. The van der Waals surface area contributed by atoms with Crippen molar-refractivity contribution in [1.82, 2.24) is 4.98 Å². The van der Waals surface area contributed by atoms with Crippen molar-refractivity contribution >= 4 is 17.7 Å². The summed E-state index contributed by atoms with van der Waals surface area (Å²) in [4.78, 5) is 32.2. The molecule has 9 heteroatoms. The van der Waals surface area contributed by atoms with Crippen LogP contribution in [-0.2, 0) is 30.8 Å². The average molecular weight is 595 g/mol. The van der Waals surface area contributed by atoms with Gasteiger partial charge in [-0.15, -0.1) is 0 Å². The third-order valence-electron chi connectivity index (χ3n) is 7.42. The van der Waals surface area contributed by atoms with Gasteiger partial charge in [-0.3, -0.25) is 4.90 Å². The Labute approximate surface area is 256 Å². The summed E-state index contributed by atoms with van der Waals surface area (Å²) in [7, 11) is 0. The summed E-state index contributed by atoms with van der Waals surface area (Å²) in [5.41, 5.74) is 4.82. The smallest absolute Gasteiger partial charge is 0.414 e. The van der Waals surface area contributed by atoms with Crippen molar-refractivity contribution in [3.63, 3.8) is 0 Å². The molecule has 3 heterocycles. The summed E-state index contributed by atoms with van der Waals surface area (Å²) < 4.78 is 24.2. The van der Waals surface area contributed by atoms with Crippen LogP contribution in [0.4, 0.5) is 10.5 Å².